The van der Waals surface area contributed by atoms with Crippen LogP contribution in [0.25, 0.3) is 0 Å². The Morgan fingerprint density at radius 1 is 1.44 bits per heavy atom. The number of carbonyl (C=O) groups excluding carboxylic acids is 1. The van der Waals surface area contributed by atoms with Crippen LogP contribution in [0, 0.1) is 11.9 Å². The Hall–Kier alpha value is -1.49. The molecule has 0 bridgehead atoms. The third kappa shape index (κ3) is 4.07. The molecule has 0 saturated carbocycles. The second-order valence-electron chi connectivity index (χ2n) is 4.85. The number of pyridine rings is 1. The first-order valence-electron chi connectivity index (χ1n) is 5.98. The summed E-state index contributed by atoms with van der Waals surface area (Å²) >= 11 is 0. The van der Waals surface area contributed by atoms with E-state index in [0.29, 0.717) is 18.0 Å². The summed E-state index contributed by atoms with van der Waals surface area (Å²) in [5.41, 5.74) is 0.373. The Morgan fingerprint density at radius 2 is 2.11 bits per heavy atom. The van der Waals surface area contributed by atoms with Gasteiger partial charge in [0.2, 0.25) is 5.95 Å². The zero-order valence-electron chi connectivity index (χ0n) is 11.3. The maximum atomic E-state index is 12.6. The standard InChI is InChI=1S/C13H20FN3O/c1-9(2)11(17(3)4)8-16-13(18)10-5-6-12(14)15-7-10/h5-7,9,11H,8H2,1-4H3,(H,16,18). The van der Waals surface area contributed by atoms with Crippen LogP contribution in [0.15, 0.2) is 18.3 Å². The molecule has 1 N–H and O–H groups in total. The zero-order valence-corrected chi connectivity index (χ0v) is 11.3. The molecular formula is C13H20FN3O. The molecule has 1 aromatic rings. The Labute approximate surface area is 107 Å². The molecule has 0 aromatic carbocycles. The highest BCUT2D eigenvalue weighted by Crippen LogP contribution is 2.06. The Morgan fingerprint density at radius 3 is 2.56 bits per heavy atom. The molecule has 4 nitrogen and oxygen atoms in total. The van der Waals surface area contributed by atoms with Gasteiger partial charge in [-0.2, -0.15) is 4.39 Å². The molecule has 100 valence electrons. The summed E-state index contributed by atoms with van der Waals surface area (Å²) in [4.78, 5) is 17.4. The maximum Gasteiger partial charge on any atom is 0.252 e. The summed E-state index contributed by atoms with van der Waals surface area (Å²) in [6.45, 7) is 4.77. The van der Waals surface area contributed by atoms with Crippen molar-refractivity contribution in [3.63, 3.8) is 0 Å². The molecule has 0 saturated heterocycles. The number of nitrogens with one attached hydrogen (secondary N) is 1. The van der Waals surface area contributed by atoms with Gasteiger partial charge in [0.15, 0.2) is 0 Å². The molecule has 1 amide bonds. The third-order valence-electron chi connectivity index (χ3n) is 2.89. The van der Waals surface area contributed by atoms with E-state index in [0.717, 1.165) is 0 Å². The fourth-order valence-electron chi connectivity index (χ4n) is 1.82. The van der Waals surface area contributed by atoms with Crippen LogP contribution in [-0.4, -0.2) is 42.5 Å². The van der Waals surface area contributed by atoms with Crippen molar-refractivity contribution in [3.05, 3.63) is 29.8 Å². The normalized spacial score (nSPS) is 12.8. The van der Waals surface area contributed by atoms with Crippen molar-refractivity contribution in [1.82, 2.24) is 15.2 Å². The number of hydrogen-bond donors (Lipinski definition) is 1. The van der Waals surface area contributed by atoms with E-state index in [4.69, 9.17) is 0 Å². The van der Waals surface area contributed by atoms with Crippen LogP contribution < -0.4 is 5.32 Å². The number of likely N-dealkylation sites (N-methyl/N-ethyl adjacent to an activating group) is 1. The fraction of sp³-hybridized carbons (Fsp3) is 0.538. The number of aromatic nitrogens is 1. The second kappa shape index (κ2) is 6.44. The van der Waals surface area contributed by atoms with E-state index in [-0.39, 0.29) is 11.9 Å². The highest BCUT2D eigenvalue weighted by molar-refractivity contribution is 5.93. The summed E-state index contributed by atoms with van der Waals surface area (Å²) in [6, 6.07) is 2.88. The molecule has 5 heteroatoms. The number of halogens is 1. The van der Waals surface area contributed by atoms with Crippen LogP contribution in [0.5, 0.6) is 0 Å². The first kappa shape index (κ1) is 14.6. The number of rotatable bonds is 5. The summed E-state index contributed by atoms with van der Waals surface area (Å²) in [5.74, 6) is -0.374. The number of carbonyl (C=O) groups is 1. The third-order valence-corrected chi connectivity index (χ3v) is 2.89. The van der Waals surface area contributed by atoms with Gasteiger partial charge in [0.1, 0.15) is 0 Å². The van der Waals surface area contributed by atoms with Gasteiger partial charge in [0, 0.05) is 18.8 Å². The van der Waals surface area contributed by atoms with Crippen LogP contribution in [-0.2, 0) is 0 Å². The minimum Gasteiger partial charge on any atom is -0.350 e. The molecule has 0 spiro atoms. The largest absolute Gasteiger partial charge is 0.350 e. The Bertz CT molecular complexity index is 382. The smallest absolute Gasteiger partial charge is 0.252 e. The van der Waals surface area contributed by atoms with Gasteiger partial charge in [-0.3, -0.25) is 4.79 Å². The van der Waals surface area contributed by atoms with Crippen molar-refractivity contribution in [2.75, 3.05) is 20.6 Å². The van der Waals surface area contributed by atoms with Crippen LogP contribution in [0.1, 0.15) is 24.2 Å². The first-order chi connectivity index (χ1) is 8.41. The van der Waals surface area contributed by atoms with E-state index >= 15 is 0 Å². The van der Waals surface area contributed by atoms with Crippen molar-refractivity contribution < 1.29 is 9.18 Å². The molecule has 1 heterocycles. The molecule has 0 aliphatic carbocycles. The molecule has 1 unspecified atom stereocenters. The predicted octanol–water partition coefficient (Wildman–Crippen LogP) is 1.54. The molecular weight excluding hydrogens is 233 g/mol. The van der Waals surface area contributed by atoms with Gasteiger partial charge in [-0.05, 0) is 32.1 Å². The van der Waals surface area contributed by atoms with Crippen molar-refractivity contribution >= 4 is 5.91 Å². The topological polar surface area (TPSA) is 45.2 Å². The average Bonchev–Trinajstić information content (AvgIpc) is 2.28. The summed E-state index contributed by atoms with van der Waals surface area (Å²) in [7, 11) is 3.96. The van der Waals surface area contributed by atoms with Crippen LogP contribution >= 0.6 is 0 Å². The lowest BCUT2D eigenvalue weighted by Crippen LogP contribution is -2.43. The second-order valence-corrected chi connectivity index (χ2v) is 4.85. The summed E-state index contributed by atoms with van der Waals surface area (Å²) < 4.78 is 12.6. The SMILES string of the molecule is CC(C)C(CNC(=O)c1ccc(F)nc1)N(C)C. The van der Waals surface area contributed by atoms with E-state index in [1.807, 2.05) is 14.1 Å². The van der Waals surface area contributed by atoms with E-state index in [1.54, 1.807) is 0 Å². The average molecular weight is 253 g/mol. The highest BCUT2D eigenvalue weighted by Gasteiger charge is 2.17. The fourth-order valence-corrected chi connectivity index (χ4v) is 1.82. The molecule has 18 heavy (non-hydrogen) atoms. The van der Waals surface area contributed by atoms with E-state index in [1.165, 1.54) is 18.3 Å². The molecule has 1 atom stereocenters. The zero-order chi connectivity index (χ0) is 13.7. The molecule has 0 fully saturated rings. The predicted molar refractivity (Wildman–Crippen MR) is 68.8 cm³/mol. The Kier molecular flexibility index (Phi) is 5.22. The lowest BCUT2D eigenvalue weighted by atomic mass is 10.0. The summed E-state index contributed by atoms with van der Waals surface area (Å²) in [5, 5.41) is 2.84. The van der Waals surface area contributed by atoms with Gasteiger partial charge < -0.3 is 10.2 Å². The minimum atomic E-state index is -0.583. The van der Waals surface area contributed by atoms with Gasteiger partial charge in [-0.1, -0.05) is 13.8 Å². The first-order valence-corrected chi connectivity index (χ1v) is 5.98. The lowest BCUT2D eigenvalue weighted by molar-refractivity contribution is 0.0934. The maximum absolute atomic E-state index is 12.6. The van der Waals surface area contributed by atoms with Crippen LogP contribution in [0.4, 0.5) is 4.39 Å². The van der Waals surface area contributed by atoms with Crippen LogP contribution in [0.2, 0.25) is 0 Å². The molecule has 1 aromatic heterocycles. The Balaban J connectivity index is 2.57. The lowest BCUT2D eigenvalue weighted by Gasteiger charge is -2.28. The number of hydrogen-bond acceptors (Lipinski definition) is 3. The minimum absolute atomic E-state index is 0.227. The van der Waals surface area contributed by atoms with Crippen LogP contribution in [0.3, 0.4) is 0 Å². The molecule has 0 aliphatic heterocycles. The van der Waals surface area contributed by atoms with Crippen molar-refractivity contribution in [1.29, 1.82) is 0 Å². The highest BCUT2D eigenvalue weighted by atomic mass is 19.1. The molecule has 0 radical (unpaired) electrons. The van der Waals surface area contributed by atoms with E-state index < -0.39 is 5.95 Å². The van der Waals surface area contributed by atoms with Gasteiger partial charge >= 0.3 is 0 Å². The summed E-state index contributed by atoms with van der Waals surface area (Å²) in [6.07, 6.45) is 1.24. The quantitative estimate of drug-likeness (QED) is 0.810. The van der Waals surface area contributed by atoms with Gasteiger partial charge in [0.25, 0.3) is 5.91 Å². The molecule has 1 rings (SSSR count). The van der Waals surface area contributed by atoms with Gasteiger partial charge in [0.05, 0.1) is 5.56 Å². The van der Waals surface area contributed by atoms with Crippen molar-refractivity contribution in [2.24, 2.45) is 5.92 Å². The van der Waals surface area contributed by atoms with Crippen molar-refractivity contribution in [3.8, 4) is 0 Å². The van der Waals surface area contributed by atoms with Crippen molar-refractivity contribution in [2.45, 2.75) is 19.9 Å². The monoisotopic (exact) mass is 253 g/mol. The van der Waals surface area contributed by atoms with E-state index in [2.05, 4.69) is 29.0 Å². The molecule has 0 aliphatic rings. The number of nitrogens with zero attached hydrogens (tertiary/aromatic N) is 2. The van der Waals surface area contributed by atoms with E-state index in [9.17, 15) is 9.18 Å². The number of amides is 1. The van der Waals surface area contributed by atoms with Gasteiger partial charge in [-0.25, -0.2) is 4.98 Å². The van der Waals surface area contributed by atoms with Gasteiger partial charge in [-0.15, -0.1) is 0 Å².